The molecule has 4 nitrogen and oxygen atoms in total. The summed E-state index contributed by atoms with van der Waals surface area (Å²) in [6.45, 7) is 5.29. The van der Waals surface area contributed by atoms with E-state index >= 15 is 0 Å². The van der Waals surface area contributed by atoms with Crippen molar-refractivity contribution in [1.29, 1.82) is 0 Å². The second kappa shape index (κ2) is 6.17. The van der Waals surface area contributed by atoms with Crippen molar-refractivity contribution >= 4 is 11.5 Å². The number of hydrogen-bond acceptors (Lipinski definition) is 4. The molecule has 0 aromatic heterocycles. The Balaban J connectivity index is 2.20. The number of nitrogens with two attached hydrogens (primary N) is 1. The Morgan fingerprint density at radius 2 is 2.21 bits per heavy atom. The van der Waals surface area contributed by atoms with Crippen LogP contribution >= 0.6 is 0 Å². The minimum Gasteiger partial charge on any atom is -0.370 e. The highest BCUT2D eigenvalue weighted by atomic mass is 16.1. The van der Waals surface area contributed by atoms with Gasteiger partial charge in [0.2, 0.25) is 0 Å². The summed E-state index contributed by atoms with van der Waals surface area (Å²) in [5.74, 6) is 0.115. The summed E-state index contributed by atoms with van der Waals surface area (Å²) >= 11 is 0. The Morgan fingerprint density at radius 1 is 1.42 bits per heavy atom. The van der Waals surface area contributed by atoms with E-state index in [1.165, 1.54) is 0 Å². The lowest BCUT2D eigenvalue weighted by Crippen LogP contribution is -2.43. The fraction of sp³-hybridized carbons (Fsp3) is 0.533. The Kier molecular flexibility index (Phi) is 4.56. The van der Waals surface area contributed by atoms with Crippen LogP contribution in [0.25, 0.3) is 0 Å². The smallest absolute Gasteiger partial charge is 0.159 e. The number of carbonyl (C=O) groups is 1. The van der Waals surface area contributed by atoms with Gasteiger partial charge >= 0.3 is 0 Å². The number of rotatable bonds is 3. The third kappa shape index (κ3) is 3.33. The monoisotopic (exact) mass is 261 g/mol. The quantitative estimate of drug-likeness (QED) is 0.835. The van der Waals surface area contributed by atoms with Gasteiger partial charge in [0.25, 0.3) is 0 Å². The lowest BCUT2D eigenvalue weighted by atomic mass is 10.1. The minimum atomic E-state index is 0.115. The maximum atomic E-state index is 11.5. The first-order valence-corrected chi connectivity index (χ1v) is 6.88. The van der Waals surface area contributed by atoms with Crippen molar-refractivity contribution in [2.24, 2.45) is 5.73 Å². The van der Waals surface area contributed by atoms with E-state index in [2.05, 4.69) is 22.9 Å². The van der Waals surface area contributed by atoms with Gasteiger partial charge in [-0.1, -0.05) is 12.1 Å². The van der Waals surface area contributed by atoms with E-state index in [4.69, 9.17) is 5.73 Å². The maximum absolute atomic E-state index is 11.5. The van der Waals surface area contributed by atoms with E-state index in [0.717, 1.165) is 37.3 Å². The van der Waals surface area contributed by atoms with Crippen molar-refractivity contribution in [1.82, 2.24) is 4.90 Å². The summed E-state index contributed by atoms with van der Waals surface area (Å²) < 4.78 is 0. The van der Waals surface area contributed by atoms with Gasteiger partial charge in [-0.15, -0.1) is 0 Å². The zero-order valence-electron chi connectivity index (χ0n) is 11.8. The van der Waals surface area contributed by atoms with E-state index in [9.17, 15) is 4.79 Å². The molecule has 0 spiro atoms. The molecule has 1 unspecified atom stereocenters. The Labute approximate surface area is 115 Å². The molecule has 0 amide bonds. The van der Waals surface area contributed by atoms with Gasteiger partial charge in [-0.25, -0.2) is 0 Å². The molecular weight excluding hydrogens is 238 g/mol. The van der Waals surface area contributed by atoms with Crippen molar-refractivity contribution in [2.45, 2.75) is 19.4 Å². The molecule has 1 aromatic rings. The molecular formula is C15H23N3O. The number of hydrogen-bond donors (Lipinski definition) is 1. The molecule has 19 heavy (non-hydrogen) atoms. The summed E-state index contributed by atoms with van der Waals surface area (Å²) in [6, 6.07) is 8.27. The van der Waals surface area contributed by atoms with Crippen LogP contribution in [0.2, 0.25) is 0 Å². The average molecular weight is 261 g/mol. The largest absolute Gasteiger partial charge is 0.370 e. The third-order valence-electron chi connectivity index (χ3n) is 3.88. The molecule has 2 N–H and O–H groups in total. The van der Waals surface area contributed by atoms with E-state index in [-0.39, 0.29) is 5.78 Å². The molecule has 0 saturated carbocycles. The first-order valence-electron chi connectivity index (χ1n) is 6.88. The van der Waals surface area contributed by atoms with Crippen LogP contribution in [-0.4, -0.2) is 50.0 Å². The number of Topliss-reactive ketones (excluding diaryl/α,β-unsaturated/α-hetero) is 1. The molecule has 2 rings (SSSR count). The molecule has 1 atom stereocenters. The highest BCUT2D eigenvalue weighted by Gasteiger charge is 2.21. The van der Waals surface area contributed by atoms with Gasteiger partial charge in [-0.2, -0.15) is 0 Å². The number of carbonyl (C=O) groups excluding carboxylic acids is 1. The van der Waals surface area contributed by atoms with E-state index in [1.807, 2.05) is 18.2 Å². The van der Waals surface area contributed by atoms with Crippen LogP contribution in [0.5, 0.6) is 0 Å². The lowest BCUT2D eigenvalue weighted by molar-refractivity contribution is 0.101. The molecule has 0 radical (unpaired) electrons. The van der Waals surface area contributed by atoms with Crippen molar-refractivity contribution in [3.05, 3.63) is 29.8 Å². The zero-order chi connectivity index (χ0) is 13.8. The third-order valence-corrected chi connectivity index (χ3v) is 3.88. The molecule has 1 saturated heterocycles. The first kappa shape index (κ1) is 14.0. The predicted molar refractivity (Wildman–Crippen MR) is 78.7 cm³/mol. The topological polar surface area (TPSA) is 49.6 Å². The van der Waals surface area contributed by atoms with Gasteiger partial charge in [-0.05, 0) is 39.1 Å². The molecule has 1 aliphatic rings. The van der Waals surface area contributed by atoms with E-state index < -0.39 is 0 Å². The SMILES string of the molecule is CC(=O)c1cccc(N2CCCN(C)C(CN)C2)c1. The summed E-state index contributed by atoms with van der Waals surface area (Å²) in [7, 11) is 2.13. The standard InChI is InChI=1S/C15H23N3O/c1-12(19)13-5-3-6-14(9-13)18-8-4-7-17(2)15(10-16)11-18/h3,5-6,9,15H,4,7-8,10-11,16H2,1-2H3. The molecule has 0 aliphatic carbocycles. The molecule has 1 aliphatic heterocycles. The van der Waals surface area contributed by atoms with Gasteiger partial charge in [0, 0.05) is 36.9 Å². The van der Waals surface area contributed by atoms with Crippen LogP contribution in [0, 0.1) is 0 Å². The number of nitrogens with zero attached hydrogens (tertiary/aromatic N) is 2. The first-order chi connectivity index (χ1) is 9.11. The predicted octanol–water partition coefficient (Wildman–Crippen LogP) is 1.36. The summed E-state index contributed by atoms with van der Waals surface area (Å²) in [6.07, 6.45) is 1.12. The summed E-state index contributed by atoms with van der Waals surface area (Å²) in [4.78, 5) is 16.1. The highest BCUT2D eigenvalue weighted by molar-refractivity contribution is 5.94. The number of likely N-dealkylation sites (N-methyl/N-ethyl adjacent to an activating group) is 1. The number of ketones is 1. The molecule has 1 aromatic carbocycles. The molecule has 1 heterocycles. The average Bonchev–Trinajstić information content (AvgIpc) is 2.60. The fourth-order valence-electron chi connectivity index (χ4n) is 2.59. The van der Waals surface area contributed by atoms with Crippen molar-refractivity contribution in [2.75, 3.05) is 38.1 Å². The van der Waals surface area contributed by atoms with Crippen LogP contribution in [0.15, 0.2) is 24.3 Å². The van der Waals surface area contributed by atoms with E-state index in [1.54, 1.807) is 6.92 Å². The van der Waals surface area contributed by atoms with Gasteiger partial charge in [0.1, 0.15) is 0 Å². The van der Waals surface area contributed by atoms with Gasteiger partial charge in [0.05, 0.1) is 0 Å². The molecule has 4 heteroatoms. The summed E-state index contributed by atoms with van der Waals surface area (Å²) in [5.41, 5.74) is 7.76. The molecule has 1 fully saturated rings. The van der Waals surface area contributed by atoms with Gasteiger partial charge in [-0.3, -0.25) is 4.79 Å². The maximum Gasteiger partial charge on any atom is 0.159 e. The second-order valence-electron chi connectivity index (χ2n) is 5.28. The van der Waals surface area contributed by atoms with Gasteiger partial charge in [0.15, 0.2) is 5.78 Å². The highest BCUT2D eigenvalue weighted by Crippen LogP contribution is 2.20. The molecule has 104 valence electrons. The fourth-order valence-corrected chi connectivity index (χ4v) is 2.59. The number of anilines is 1. The lowest BCUT2D eigenvalue weighted by Gasteiger charge is -2.29. The van der Waals surface area contributed by atoms with Crippen molar-refractivity contribution in [3.63, 3.8) is 0 Å². The Bertz CT molecular complexity index is 447. The normalized spacial score (nSPS) is 21.2. The van der Waals surface area contributed by atoms with Crippen LogP contribution in [0.4, 0.5) is 5.69 Å². The Hall–Kier alpha value is -1.39. The number of benzene rings is 1. The zero-order valence-corrected chi connectivity index (χ0v) is 11.8. The van der Waals surface area contributed by atoms with Crippen LogP contribution in [0.3, 0.4) is 0 Å². The minimum absolute atomic E-state index is 0.115. The van der Waals surface area contributed by atoms with Crippen LogP contribution < -0.4 is 10.6 Å². The van der Waals surface area contributed by atoms with Crippen LogP contribution in [-0.2, 0) is 0 Å². The van der Waals surface area contributed by atoms with E-state index in [0.29, 0.717) is 12.6 Å². The Morgan fingerprint density at radius 3 is 2.89 bits per heavy atom. The van der Waals surface area contributed by atoms with Crippen molar-refractivity contribution in [3.8, 4) is 0 Å². The molecule has 0 bridgehead atoms. The van der Waals surface area contributed by atoms with Crippen LogP contribution in [0.1, 0.15) is 23.7 Å². The summed E-state index contributed by atoms with van der Waals surface area (Å²) in [5, 5.41) is 0. The van der Waals surface area contributed by atoms with Gasteiger partial charge < -0.3 is 15.5 Å². The second-order valence-corrected chi connectivity index (χ2v) is 5.28. The van der Waals surface area contributed by atoms with Crippen molar-refractivity contribution < 1.29 is 4.79 Å².